The lowest BCUT2D eigenvalue weighted by Crippen LogP contribution is -2.30. The number of phosphoric ester groups is 2. The molecule has 0 fully saturated rings. The Kier molecular flexibility index (Phi) is 55.2. The van der Waals surface area contributed by atoms with Gasteiger partial charge in [0.05, 0.1) is 26.4 Å². The van der Waals surface area contributed by atoms with Gasteiger partial charge in [0.1, 0.15) is 19.3 Å². The number of ether oxygens (including phenoxy) is 4. The molecule has 0 radical (unpaired) electrons. The Hall–Kier alpha value is -1.94. The van der Waals surface area contributed by atoms with E-state index in [9.17, 15) is 43.2 Å². The lowest BCUT2D eigenvalue weighted by Gasteiger charge is -2.21. The average Bonchev–Trinajstić information content (AvgIpc) is 3.46. The monoisotopic (exact) mass is 1230 g/mol. The van der Waals surface area contributed by atoms with Crippen LogP contribution in [0.3, 0.4) is 0 Å². The first-order valence-corrected chi connectivity index (χ1v) is 36.5. The van der Waals surface area contributed by atoms with Crippen LogP contribution in [0.25, 0.3) is 0 Å². The van der Waals surface area contributed by atoms with Crippen LogP contribution in [-0.4, -0.2) is 96.7 Å². The molecule has 83 heavy (non-hydrogen) atoms. The van der Waals surface area contributed by atoms with Gasteiger partial charge in [-0.25, -0.2) is 9.13 Å². The van der Waals surface area contributed by atoms with Crippen LogP contribution in [0, 0.1) is 11.8 Å². The van der Waals surface area contributed by atoms with Crippen LogP contribution in [0.1, 0.15) is 318 Å². The van der Waals surface area contributed by atoms with Gasteiger partial charge in [0.25, 0.3) is 0 Å². The van der Waals surface area contributed by atoms with E-state index in [1.807, 2.05) is 0 Å². The van der Waals surface area contributed by atoms with E-state index in [0.717, 1.165) is 102 Å². The van der Waals surface area contributed by atoms with E-state index in [4.69, 9.17) is 37.0 Å². The quantitative estimate of drug-likeness (QED) is 0.0222. The zero-order chi connectivity index (χ0) is 61.5. The summed E-state index contributed by atoms with van der Waals surface area (Å²) in [4.78, 5) is 72.2. The number of aliphatic hydroxyl groups excluding tert-OH is 1. The number of hydrogen-bond acceptors (Lipinski definition) is 15. The van der Waals surface area contributed by atoms with E-state index >= 15 is 0 Å². The summed E-state index contributed by atoms with van der Waals surface area (Å²) in [7, 11) is -9.89. The number of phosphoric acid groups is 2. The van der Waals surface area contributed by atoms with Gasteiger partial charge in [-0.2, -0.15) is 0 Å². The van der Waals surface area contributed by atoms with Gasteiger partial charge in [-0.15, -0.1) is 0 Å². The summed E-state index contributed by atoms with van der Waals surface area (Å²) in [5, 5.41) is 10.5. The van der Waals surface area contributed by atoms with Crippen LogP contribution in [0.2, 0.25) is 0 Å². The number of unbranched alkanes of at least 4 members (excludes halogenated alkanes) is 32. The SMILES string of the molecule is CCCCCCCCCCCCCC(=O)OC[C@H](COP(=O)(O)OC[C@@H](O)COP(=O)(O)OC[C@@H](COC(=O)CCCCCCCCC(C)C)OC(=O)CCCCCCCCCCCCC)OC(=O)CCCCCCCCCCC(C)CC. The maximum absolute atomic E-state index is 13.0. The fourth-order valence-electron chi connectivity index (χ4n) is 9.50. The van der Waals surface area contributed by atoms with Gasteiger partial charge < -0.3 is 33.8 Å². The zero-order valence-corrected chi connectivity index (χ0v) is 55.3. The molecule has 19 heteroatoms. The molecule has 0 saturated carbocycles. The Morgan fingerprint density at radius 1 is 0.349 bits per heavy atom. The molecule has 0 aromatic rings. The highest BCUT2D eigenvalue weighted by Gasteiger charge is 2.30. The maximum atomic E-state index is 13.0. The molecule has 6 atom stereocenters. The minimum absolute atomic E-state index is 0.105. The van der Waals surface area contributed by atoms with Gasteiger partial charge in [0, 0.05) is 25.7 Å². The summed E-state index contributed by atoms with van der Waals surface area (Å²) in [6, 6.07) is 0. The molecule has 0 rings (SSSR count). The minimum Gasteiger partial charge on any atom is -0.462 e. The second-order valence-electron chi connectivity index (χ2n) is 23.9. The van der Waals surface area contributed by atoms with Crippen LogP contribution in [0.5, 0.6) is 0 Å². The average molecular weight is 1230 g/mol. The Balaban J connectivity index is 5.25. The summed E-state index contributed by atoms with van der Waals surface area (Å²) >= 11 is 0. The van der Waals surface area contributed by atoms with Crippen molar-refractivity contribution in [2.75, 3.05) is 39.6 Å². The summed E-state index contributed by atoms with van der Waals surface area (Å²) in [6.07, 6.45) is 38.9. The lowest BCUT2D eigenvalue weighted by atomic mass is 9.99. The van der Waals surface area contributed by atoms with Gasteiger partial charge in [-0.3, -0.25) is 37.3 Å². The predicted molar refractivity (Wildman–Crippen MR) is 331 cm³/mol. The highest BCUT2D eigenvalue weighted by Crippen LogP contribution is 2.45. The lowest BCUT2D eigenvalue weighted by molar-refractivity contribution is -0.161. The fourth-order valence-corrected chi connectivity index (χ4v) is 11.1. The molecule has 3 N–H and O–H groups in total. The standard InChI is InChI=1S/C64H124O17P2/c1-7-10-12-14-16-18-20-22-27-34-40-46-61(66)74-52-59(81-64(69)49-43-37-29-25-24-26-33-39-45-57(6)9-3)54-78-82(70,71)76-50-58(65)51-77-83(72,73)79-55-60(53-75-62(67)47-41-35-31-30-32-38-44-56(4)5)80-63(68)48-42-36-28-23-21-19-17-15-13-11-8-2/h56-60,65H,7-55H2,1-6H3,(H,70,71)(H,72,73)/t57?,58-,59-,60-/m1/s1. The Morgan fingerprint density at radius 2 is 0.614 bits per heavy atom. The van der Waals surface area contributed by atoms with Crippen molar-refractivity contribution in [1.82, 2.24) is 0 Å². The highest BCUT2D eigenvalue weighted by molar-refractivity contribution is 7.47. The molecule has 0 aliphatic carbocycles. The Labute approximate surface area is 505 Å². The summed E-state index contributed by atoms with van der Waals surface area (Å²) < 4.78 is 68.0. The summed E-state index contributed by atoms with van der Waals surface area (Å²) in [5.74, 6) is -0.686. The number of rotatable bonds is 63. The Morgan fingerprint density at radius 3 is 0.916 bits per heavy atom. The molecule has 17 nitrogen and oxygen atoms in total. The molecular formula is C64H124O17P2. The third-order valence-electron chi connectivity index (χ3n) is 15.1. The van der Waals surface area contributed by atoms with E-state index < -0.39 is 97.5 Å². The molecule has 0 aromatic carbocycles. The molecule has 0 aliphatic rings. The molecule has 0 aromatic heterocycles. The second kappa shape index (κ2) is 56.6. The Bertz CT molecular complexity index is 1630. The molecule has 0 amide bonds. The molecule has 0 spiro atoms. The van der Waals surface area contributed by atoms with Crippen molar-refractivity contribution in [2.24, 2.45) is 11.8 Å². The number of carbonyl (C=O) groups is 4. The van der Waals surface area contributed by atoms with Crippen LogP contribution in [-0.2, 0) is 65.4 Å². The first kappa shape index (κ1) is 81.1. The molecule has 0 saturated heterocycles. The van der Waals surface area contributed by atoms with Gasteiger partial charge >= 0.3 is 39.5 Å². The van der Waals surface area contributed by atoms with E-state index in [0.29, 0.717) is 31.6 Å². The van der Waals surface area contributed by atoms with Crippen molar-refractivity contribution in [3.63, 3.8) is 0 Å². The predicted octanol–water partition coefficient (Wildman–Crippen LogP) is 17.7. The number of aliphatic hydroxyl groups is 1. The number of hydrogen-bond donors (Lipinski definition) is 3. The molecule has 492 valence electrons. The topological polar surface area (TPSA) is 237 Å². The zero-order valence-electron chi connectivity index (χ0n) is 53.5. The smallest absolute Gasteiger partial charge is 0.462 e. The third-order valence-corrected chi connectivity index (χ3v) is 17.0. The van der Waals surface area contributed by atoms with Crippen molar-refractivity contribution >= 4 is 39.5 Å². The second-order valence-corrected chi connectivity index (χ2v) is 26.8. The van der Waals surface area contributed by atoms with Crippen molar-refractivity contribution in [3.05, 3.63) is 0 Å². The number of esters is 4. The third kappa shape index (κ3) is 57.6. The number of carbonyl (C=O) groups excluding carboxylic acids is 4. The van der Waals surface area contributed by atoms with Gasteiger partial charge in [0.15, 0.2) is 12.2 Å². The van der Waals surface area contributed by atoms with Crippen molar-refractivity contribution in [1.29, 1.82) is 0 Å². The van der Waals surface area contributed by atoms with Crippen molar-refractivity contribution < 1.29 is 80.2 Å². The van der Waals surface area contributed by atoms with Gasteiger partial charge in [-0.1, -0.05) is 266 Å². The van der Waals surface area contributed by atoms with Crippen molar-refractivity contribution in [3.8, 4) is 0 Å². The van der Waals surface area contributed by atoms with Crippen LogP contribution in [0.4, 0.5) is 0 Å². The minimum atomic E-state index is -4.94. The normalized spacial score (nSPS) is 14.6. The first-order valence-electron chi connectivity index (χ1n) is 33.5. The molecule has 3 unspecified atom stereocenters. The molecule has 0 bridgehead atoms. The molecular weight excluding hydrogens is 1100 g/mol. The maximum Gasteiger partial charge on any atom is 0.472 e. The van der Waals surface area contributed by atoms with Gasteiger partial charge in [-0.05, 0) is 37.5 Å². The van der Waals surface area contributed by atoms with E-state index in [2.05, 4.69) is 41.5 Å². The van der Waals surface area contributed by atoms with Crippen molar-refractivity contribution in [2.45, 2.75) is 336 Å². The highest BCUT2D eigenvalue weighted by atomic mass is 31.2. The van der Waals surface area contributed by atoms with E-state index in [-0.39, 0.29) is 25.7 Å². The van der Waals surface area contributed by atoms with Gasteiger partial charge in [0.2, 0.25) is 0 Å². The fraction of sp³-hybridized carbons (Fsp3) is 0.938. The summed E-state index contributed by atoms with van der Waals surface area (Å²) in [5.41, 5.74) is 0. The largest absolute Gasteiger partial charge is 0.472 e. The summed E-state index contributed by atoms with van der Waals surface area (Å²) in [6.45, 7) is 9.40. The van der Waals surface area contributed by atoms with E-state index in [1.54, 1.807) is 0 Å². The molecule has 0 heterocycles. The van der Waals surface area contributed by atoms with E-state index in [1.165, 1.54) is 128 Å². The van der Waals surface area contributed by atoms with Crippen LogP contribution < -0.4 is 0 Å². The van der Waals surface area contributed by atoms with Crippen LogP contribution in [0.15, 0.2) is 0 Å². The first-order chi connectivity index (χ1) is 39.9. The van der Waals surface area contributed by atoms with Crippen LogP contribution >= 0.6 is 15.6 Å². The molecule has 0 aliphatic heterocycles.